The molecule has 0 fully saturated rings. The van der Waals surface area contributed by atoms with E-state index in [0.29, 0.717) is 40.0 Å². The molecule has 4 aromatic rings. The maximum Gasteiger partial charge on any atom is 0.305 e. The number of benzene rings is 4. The van der Waals surface area contributed by atoms with Crippen molar-refractivity contribution < 1.29 is 28.6 Å². The Morgan fingerprint density at radius 2 is 1.49 bits per heavy atom. The molecule has 0 saturated heterocycles. The third kappa shape index (κ3) is 7.57. The summed E-state index contributed by atoms with van der Waals surface area (Å²) in [5, 5.41) is 12.2. The zero-order chi connectivity index (χ0) is 29.2. The number of para-hydroxylation sites is 1. The molecule has 8 heteroatoms. The van der Waals surface area contributed by atoms with Crippen molar-refractivity contribution in [2.45, 2.75) is 19.4 Å². The Hall–Kier alpha value is -4.98. The number of carboxylic acid groups (broad SMARTS) is 1. The molecule has 2 N–H and O–H groups in total. The summed E-state index contributed by atoms with van der Waals surface area (Å²) >= 11 is 0. The molecule has 4 aromatic carbocycles. The van der Waals surface area contributed by atoms with E-state index in [1.165, 1.54) is 17.0 Å². The minimum atomic E-state index is -1.01. The van der Waals surface area contributed by atoms with E-state index in [1.807, 2.05) is 24.3 Å². The van der Waals surface area contributed by atoms with Crippen LogP contribution in [0, 0.1) is 5.82 Å². The molecule has 210 valence electrons. The molecule has 0 aliphatic rings. The monoisotopic (exact) mass is 554 g/mol. The maximum absolute atomic E-state index is 13.9. The van der Waals surface area contributed by atoms with Crippen LogP contribution >= 0.6 is 0 Å². The van der Waals surface area contributed by atoms with Crippen LogP contribution in [0.5, 0.6) is 5.75 Å². The van der Waals surface area contributed by atoms with Crippen LogP contribution in [0.3, 0.4) is 0 Å². The first-order valence-corrected chi connectivity index (χ1v) is 13.2. The molecule has 0 atom stereocenters. The van der Waals surface area contributed by atoms with E-state index in [1.54, 1.807) is 67.8 Å². The molecule has 0 unspecified atom stereocenters. The van der Waals surface area contributed by atoms with E-state index in [9.17, 15) is 23.9 Å². The lowest BCUT2D eigenvalue weighted by Crippen LogP contribution is -2.35. The van der Waals surface area contributed by atoms with Crippen molar-refractivity contribution in [3.05, 3.63) is 125 Å². The van der Waals surface area contributed by atoms with Crippen molar-refractivity contribution in [3.8, 4) is 16.9 Å². The van der Waals surface area contributed by atoms with Gasteiger partial charge in [0, 0.05) is 30.8 Å². The Bertz CT molecular complexity index is 1540. The van der Waals surface area contributed by atoms with Gasteiger partial charge in [-0.05, 0) is 59.0 Å². The highest BCUT2D eigenvalue weighted by Crippen LogP contribution is 2.29. The molecule has 0 bridgehead atoms. The molecule has 0 aliphatic carbocycles. The van der Waals surface area contributed by atoms with Crippen LogP contribution in [0.25, 0.3) is 11.1 Å². The average Bonchev–Trinajstić information content (AvgIpc) is 2.99. The van der Waals surface area contributed by atoms with Gasteiger partial charge in [-0.1, -0.05) is 66.7 Å². The second-order valence-corrected chi connectivity index (χ2v) is 9.40. The lowest BCUT2D eigenvalue weighted by atomic mass is 9.94. The lowest BCUT2D eigenvalue weighted by molar-refractivity contribution is -0.137. The number of amides is 2. The number of methoxy groups -OCH3 is 1. The number of ether oxygens (including phenoxy) is 1. The zero-order valence-corrected chi connectivity index (χ0v) is 22.7. The first-order valence-electron chi connectivity index (χ1n) is 13.2. The molecule has 2 amide bonds. The quantitative estimate of drug-likeness (QED) is 0.238. The first kappa shape index (κ1) is 29.0. The van der Waals surface area contributed by atoms with Crippen molar-refractivity contribution in [3.63, 3.8) is 0 Å². The second-order valence-electron chi connectivity index (χ2n) is 9.40. The maximum atomic E-state index is 13.9. The summed E-state index contributed by atoms with van der Waals surface area (Å²) in [6.07, 6.45) is 0.259. The summed E-state index contributed by atoms with van der Waals surface area (Å²) in [5.74, 6) is -1.41. The van der Waals surface area contributed by atoms with Crippen molar-refractivity contribution in [1.82, 2.24) is 10.2 Å². The van der Waals surface area contributed by atoms with E-state index < -0.39 is 5.97 Å². The topological polar surface area (TPSA) is 95.9 Å². The largest absolute Gasteiger partial charge is 0.496 e. The van der Waals surface area contributed by atoms with Crippen LogP contribution in [0.4, 0.5) is 4.39 Å². The van der Waals surface area contributed by atoms with Crippen molar-refractivity contribution >= 4 is 17.8 Å². The molecule has 0 spiro atoms. The van der Waals surface area contributed by atoms with Crippen LogP contribution in [0.2, 0.25) is 0 Å². The van der Waals surface area contributed by atoms with Gasteiger partial charge in [0.25, 0.3) is 11.8 Å². The number of aliphatic carboxylic acids is 1. The Balaban J connectivity index is 1.61. The number of carbonyl (C=O) groups is 3. The third-order valence-electron chi connectivity index (χ3n) is 6.69. The Morgan fingerprint density at radius 1 is 0.829 bits per heavy atom. The number of hydrogen-bond acceptors (Lipinski definition) is 4. The molecule has 0 heterocycles. The molecular formula is C33H31FN2O5. The molecule has 0 aliphatic heterocycles. The van der Waals surface area contributed by atoms with Gasteiger partial charge in [-0.25, -0.2) is 4.39 Å². The van der Waals surface area contributed by atoms with E-state index in [-0.39, 0.29) is 43.7 Å². The summed E-state index contributed by atoms with van der Waals surface area (Å²) < 4.78 is 19.0. The normalized spacial score (nSPS) is 10.6. The van der Waals surface area contributed by atoms with Gasteiger partial charge in [-0.15, -0.1) is 0 Å². The number of halogens is 1. The molecular weight excluding hydrogens is 523 g/mol. The molecule has 0 aromatic heterocycles. The van der Waals surface area contributed by atoms with Crippen molar-refractivity contribution in [1.29, 1.82) is 0 Å². The molecule has 41 heavy (non-hydrogen) atoms. The van der Waals surface area contributed by atoms with Gasteiger partial charge in [0.15, 0.2) is 0 Å². The van der Waals surface area contributed by atoms with Gasteiger partial charge >= 0.3 is 5.97 Å². The summed E-state index contributed by atoms with van der Waals surface area (Å²) in [6, 6.07) is 27.4. The van der Waals surface area contributed by atoms with Crippen molar-refractivity contribution in [2.75, 3.05) is 20.2 Å². The van der Waals surface area contributed by atoms with Gasteiger partial charge in [0.1, 0.15) is 11.6 Å². The van der Waals surface area contributed by atoms with Gasteiger partial charge in [-0.2, -0.15) is 0 Å². The third-order valence-corrected chi connectivity index (χ3v) is 6.69. The highest BCUT2D eigenvalue weighted by molar-refractivity contribution is 6.06. The van der Waals surface area contributed by atoms with Crippen LogP contribution in [0.15, 0.2) is 97.1 Å². The van der Waals surface area contributed by atoms with E-state index >= 15 is 0 Å². The van der Waals surface area contributed by atoms with Gasteiger partial charge < -0.3 is 20.1 Å². The fourth-order valence-corrected chi connectivity index (χ4v) is 4.63. The summed E-state index contributed by atoms with van der Waals surface area (Å²) in [4.78, 5) is 40.1. The van der Waals surface area contributed by atoms with Gasteiger partial charge in [-0.3, -0.25) is 14.4 Å². The number of rotatable bonds is 12. The number of carbonyl (C=O) groups excluding carboxylic acids is 2. The summed E-state index contributed by atoms with van der Waals surface area (Å²) in [5.41, 5.74) is 3.33. The Labute approximate surface area is 238 Å². The second kappa shape index (κ2) is 13.9. The first-order chi connectivity index (χ1) is 19.9. The number of nitrogens with zero attached hydrogens (tertiary/aromatic N) is 1. The van der Waals surface area contributed by atoms with Gasteiger partial charge in [0.2, 0.25) is 0 Å². The number of hydrogen-bond donors (Lipinski definition) is 2. The highest BCUT2D eigenvalue weighted by atomic mass is 19.1. The smallest absolute Gasteiger partial charge is 0.305 e. The molecule has 7 nitrogen and oxygen atoms in total. The summed E-state index contributed by atoms with van der Waals surface area (Å²) in [6.45, 7) is 0.432. The van der Waals surface area contributed by atoms with Gasteiger partial charge in [0.05, 0.1) is 13.5 Å². The summed E-state index contributed by atoms with van der Waals surface area (Å²) in [7, 11) is 1.58. The van der Waals surface area contributed by atoms with Crippen LogP contribution in [-0.4, -0.2) is 48.0 Å². The predicted molar refractivity (Wildman–Crippen MR) is 154 cm³/mol. The van der Waals surface area contributed by atoms with Crippen molar-refractivity contribution in [2.24, 2.45) is 0 Å². The van der Waals surface area contributed by atoms with Crippen LogP contribution in [-0.2, 0) is 17.8 Å². The number of nitrogens with one attached hydrogen (secondary N) is 1. The van der Waals surface area contributed by atoms with Crippen LogP contribution in [0.1, 0.15) is 38.3 Å². The standard InChI is InChI=1S/C33H31FN2O5/c1-41-30-16-7-2-10-24(30)17-19-36(20-18-31(37)38)33(40)29-15-6-4-13-27(29)26-12-3-5-14-28(26)32(39)35-22-23-9-8-11-25(34)21-23/h2-16,21H,17-20,22H2,1H3,(H,35,39)(H,37,38). The van der Waals surface area contributed by atoms with Crippen LogP contribution < -0.4 is 10.1 Å². The minimum Gasteiger partial charge on any atom is -0.496 e. The Morgan fingerprint density at radius 3 is 2.20 bits per heavy atom. The number of carboxylic acids is 1. The fraction of sp³-hybridized carbons (Fsp3) is 0.182. The predicted octanol–water partition coefficient (Wildman–Crippen LogP) is 5.59. The van der Waals surface area contributed by atoms with E-state index in [4.69, 9.17) is 4.74 Å². The molecule has 4 rings (SSSR count). The lowest BCUT2D eigenvalue weighted by Gasteiger charge is -2.24. The van der Waals surface area contributed by atoms with E-state index in [2.05, 4.69) is 5.32 Å². The fourth-order valence-electron chi connectivity index (χ4n) is 4.63. The minimum absolute atomic E-state index is 0.0212. The Kier molecular flexibility index (Phi) is 9.83. The zero-order valence-electron chi connectivity index (χ0n) is 22.7. The van der Waals surface area contributed by atoms with E-state index in [0.717, 1.165) is 5.56 Å². The average molecular weight is 555 g/mol. The molecule has 0 saturated carbocycles. The molecule has 0 radical (unpaired) electrons. The SMILES string of the molecule is COc1ccccc1CCN(CCC(=O)O)C(=O)c1ccccc1-c1ccccc1C(=O)NCc1cccc(F)c1. The highest BCUT2D eigenvalue weighted by Gasteiger charge is 2.23.